The second-order valence-corrected chi connectivity index (χ2v) is 7.14. The monoisotopic (exact) mass is 457 g/mol. The number of aromatic amines is 1. The summed E-state index contributed by atoms with van der Waals surface area (Å²) in [6.45, 7) is 2.27. The fourth-order valence-corrected chi connectivity index (χ4v) is 3.45. The van der Waals surface area contributed by atoms with Gasteiger partial charge in [-0.15, -0.1) is 0 Å². The van der Waals surface area contributed by atoms with Crippen molar-refractivity contribution >= 4 is 29.2 Å². The van der Waals surface area contributed by atoms with Crippen LogP contribution in [0.1, 0.15) is 17.3 Å². The van der Waals surface area contributed by atoms with Crippen molar-refractivity contribution in [3.05, 3.63) is 60.3 Å². The Morgan fingerprint density at radius 1 is 1.24 bits per heavy atom. The highest BCUT2D eigenvalue weighted by atomic mass is 16.5. The fraction of sp³-hybridized carbons (Fsp3) is 0.125. The third-order valence-electron chi connectivity index (χ3n) is 5.00. The number of aromatic nitrogens is 3. The molecule has 0 aliphatic rings. The van der Waals surface area contributed by atoms with Gasteiger partial charge in [0.1, 0.15) is 11.6 Å². The molecule has 0 bridgehead atoms. The van der Waals surface area contributed by atoms with Crippen LogP contribution in [0.3, 0.4) is 0 Å². The number of aromatic hydroxyl groups is 1. The number of ether oxygens (including phenoxy) is 1. The summed E-state index contributed by atoms with van der Waals surface area (Å²) in [4.78, 5) is 32.6. The number of nitrogens with zero attached hydrogens (tertiary/aromatic N) is 4. The molecule has 0 aliphatic heterocycles. The summed E-state index contributed by atoms with van der Waals surface area (Å²) >= 11 is 0. The summed E-state index contributed by atoms with van der Waals surface area (Å²) in [5.74, 6) is 0.737. The molecule has 0 unspecified atom stereocenters. The van der Waals surface area contributed by atoms with E-state index < -0.39 is 0 Å². The zero-order valence-electron chi connectivity index (χ0n) is 18.6. The van der Waals surface area contributed by atoms with Gasteiger partial charge in [0.25, 0.3) is 5.91 Å². The van der Waals surface area contributed by atoms with E-state index in [2.05, 4.69) is 30.3 Å². The molecular weight excluding hydrogens is 434 g/mol. The van der Waals surface area contributed by atoms with Crippen LogP contribution in [0.5, 0.6) is 11.6 Å². The van der Waals surface area contributed by atoms with E-state index in [1.165, 1.54) is 0 Å². The normalized spacial score (nSPS) is 11.8. The highest BCUT2D eigenvalue weighted by molar-refractivity contribution is 6.08. The highest BCUT2D eigenvalue weighted by Gasteiger charge is 2.15. The minimum Gasteiger partial charge on any atom is -0.507 e. The van der Waals surface area contributed by atoms with Gasteiger partial charge in [-0.1, -0.05) is 6.07 Å². The molecule has 0 fully saturated rings. The van der Waals surface area contributed by atoms with Crippen LogP contribution < -0.4 is 15.8 Å². The van der Waals surface area contributed by atoms with Gasteiger partial charge in [0.15, 0.2) is 0 Å². The topological polar surface area (TPSA) is 151 Å². The van der Waals surface area contributed by atoms with Gasteiger partial charge in [-0.2, -0.15) is 0 Å². The van der Waals surface area contributed by atoms with E-state index in [9.17, 15) is 9.90 Å². The summed E-state index contributed by atoms with van der Waals surface area (Å²) in [6.07, 6.45) is 2.72. The maximum atomic E-state index is 12.6. The predicted octanol–water partition coefficient (Wildman–Crippen LogP) is 3.10. The van der Waals surface area contributed by atoms with Gasteiger partial charge in [0.05, 0.1) is 30.0 Å². The molecule has 0 saturated heterocycles. The van der Waals surface area contributed by atoms with Crippen LogP contribution in [0, 0.1) is 0 Å². The van der Waals surface area contributed by atoms with Gasteiger partial charge in [-0.25, -0.2) is 15.0 Å². The number of imidazole rings is 1. The van der Waals surface area contributed by atoms with Gasteiger partial charge in [0, 0.05) is 23.9 Å². The lowest BCUT2D eigenvalue weighted by Crippen LogP contribution is -2.29. The van der Waals surface area contributed by atoms with E-state index in [1.54, 1.807) is 49.7 Å². The Hall–Kier alpha value is -4.73. The molecule has 34 heavy (non-hydrogen) atoms. The van der Waals surface area contributed by atoms with Crippen molar-refractivity contribution in [2.24, 2.45) is 15.7 Å². The highest BCUT2D eigenvalue weighted by Crippen LogP contribution is 2.35. The first kappa shape index (κ1) is 22.5. The number of carbonyl (C=O) groups is 1. The Balaban J connectivity index is 1.69. The number of carbonyl (C=O) groups excluding carboxylic acids is 1. The van der Waals surface area contributed by atoms with Gasteiger partial charge in [0.2, 0.25) is 11.8 Å². The summed E-state index contributed by atoms with van der Waals surface area (Å²) < 4.78 is 5.36. The number of phenols is 1. The van der Waals surface area contributed by atoms with E-state index in [0.29, 0.717) is 40.4 Å². The lowest BCUT2D eigenvalue weighted by molar-refractivity contribution is 0.0976. The van der Waals surface area contributed by atoms with Crippen molar-refractivity contribution in [2.45, 2.75) is 6.92 Å². The molecule has 2 aromatic heterocycles. The van der Waals surface area contributed by atoms with Crippen LogP contribution in [-0.2, 0) is 0 Å². The lowest BCUT2D eigenvalue weighted by atomic mass is 10.0. The van der Waals surface area contributed by atoms with Crippen LogP contribution >= 0.6 is 0 Å². The minimum atomic E-state index is -0.385. The minimum absolute atomic E-state index is 0.0590. The molecule has 2 heterocycles. The first-order valence-corrected chi connectivity index (χ1v) is 10.5. The molecule has 10 nitrogen and oxygen atoms in total. The molecular formula is C24H23N7O3. The first-order chi connectivity index (χ1) is 16.5. The average molecular weight is 457 g/mol. The zero-order valence-corrected chi connectivity index (χ0v) is 18.6. The van der Waals surface area contributed by atoms with Crippen LogP contribution in [-0.4, -0.2) is 51.9 Å². The van der Waals surface area contributed by atoms with Crippen molar-refractivity contribution in [2.75, 3.05) is 13.7 Å². The van der Waals surface area contributed by atoms with E-state index in [-0.39, 0.29) is 17.6 Å². The van der Waals surface area contributed by atoms with Crippen molar-refractivity contribution < 1.29 is 14.6 Å². The zero-order chi connectivity index (χ0) is 24.1. The van der Waals surface area contributed by atoms with Crippen molar-refractivity contribution in [3.8, 4) is 34.1 Å². The number of pyridine rings is 1. The summed E-state index contributed by atoms with van der Waals surface area (Å²) in [7, 11) is 1.56. The number of hydrogen-bond donors (Lipinski definition) is 4. The van der Waals surface area contributed by atoms with Crippen LogP contribution in [0.2, 0.25) is 0 Å². The molecule has 172 valence electrons. The smallest absolute Gasteiger partial charge is 0.258 e. The molecule has 0 radical (unpaired) electrons. The molecule has 2 aromatic carbocycles. The number of guanidine groups is 1. The Kier molecular flexibility index (Phi) is 6.49. The Labute approximate surface area is 195 Å². The second kappa shape index (κ2) is 9.82. The van der Waals surface area contributed by atoms with E-state index in [1.807, 2.05) is 19.1 Å². The van der Waals surface area contributed by atoms with Crippen LogP contribution in [0.15, 0.2) is 64.7 Å². The van der Waals surface area contributed by atoms with Crippen molar-refractivity contribution in [3.63, 3.8) is 0 Å². The van der Waals surface area contributed by atoms with E-state index in [4.69, 9.17) is 10.5 Å². The van der Waals surface area contributed by atoms with Crippen molar-refractivity contribution in [1.29, 1.82) is 0 Å². The maximum Gasteiger partial charge on any atom is 0.258 e. The molecule has 1 amide bonds. The van der Waals surface area contributed by atoms with Gasteiger partial charge >= 0.3 is 0 Å². The number of methoxy groups -OCH3 is 1. The predicted molar refractivity (Wildman–Crippen MR) is 131 cm³/mol. The largest absolute Gasteiger partial charge is 0.507 e. The standard InChI is InChI=1S/C24H23N7O3/c1-3-26-24(28-13-25)31-22(33)15-6-8-18-19(12-15)30-21(29-18)17-11-14(7-9-20(17)32)16-5-4-10-27-23(16)34-2/h4-13,32H,3H2,1-2H3,(H,29,30)(H3,25,26,28,31,33). The number of fused-ring (bicyclic) bond motifs is 1. The van der Waals surface area contributed by atoms with E-state index >= 15 is 0 Å². The lowest BCUT2D eigenvalue weighted by Gasteiger charge is -2.09. The number of nitrogens with one attached hydrogen (secondary N) is 2. The van der Waals surface area contributed by atoms with Crippen LogP contribution in [0.4, 0.5) is 0 Å². The molecule has 0 spiro atoms. The van der Waals surface area contributed by atoms with E-state index in [0.717, 1.165) is 17.5 Å². The number of rotatable bonds is 5. The van der Waals surface area contributed by atoms with Gasteiger partial charge in [-0.3, -0.25) is 15.1 Å². The molecule has 4 aromatic rings. The molecule has 0 atom stereocenters. The fourth-order valence-electron chi connectivity index (χ4n) is 3.45. The van der Waals surface area contributed by atoms with Crippen molar-refractivity contribution in [1.82, 2.24) is 20.3 Å². The molecule has 10 heteroatoms. The molecule has 4 rings (SSSR count). The SMILES string of the molecule is CCN=C(N=CN)NC(=O)c1ccc2nc(-c3cc(-c4cccnc4OC)ccc3O)[nH]c2c1. The van der Waals surface area contributed by atoms with Crippen LogP contribution in [0.25, 0.3) is 33.5 Å². The quantitative estimate of drug-likeness (QED) is 0.267. The van der Waals surface area contributed by atoms with Gasteiger partial charge < -0.3 is 20.6 Å². The average Bonchev–Trinajstić information content (AvgIpc) is 3.28. The second-order valence-electron chi connectivity index (χ2n) is 7.14. The first-order valence-electron chi connectivity index (χ1n) is 10.5. The third kappa shape index (κ3) is 4.56. The maximum absolute atomic E-state index is 12.6. The third-order valence-corrected chi connectivity index (χ3v) is 5.00. The summed E-state index contributed by atoms with van der Waals surface area (Å²) in [6, 6.07) is 13.9. The Morgan fingerprint density at radius 2 is 2.09 bits per heavy atom. The van der Waals surface area contributed by atoms with Gasteiger partial charge in [-0.05, 0) is 55.0 Å². The molecule has 0 saturated carbocycles. The summed E-state index contributed by atoms with van der Waals surface area (Å²) in [5, 5.41) is 13.1. The number of hydrogen-bond acceptors (Lipinski definition) is 6. The number of phenolic OH excluding ortho intramolecular Hbond substituents is 1. The Bertz CT molecular complexity index is 1410. The number of H-pyrrole nitrogens is 1. The number of aliphatic imine (C=N–C) groups is 2. The molecule has 5 N–H and O–H groups in total. The number of benzene rings is 2. The number of nitrogens with two attached hydrogens (primary N) is 1. The summed E-state index contributed by atoms with van der Waals surface area (Å²) in [5.41, 5.74) is 9.06. The number of amides is 1. The Morgan fingerprint density at radius 3 is 2.85 bits per heavy atom. The molecule has 0 aliphatic carbocycles.